The van der Waals surface area contributed by atoms with Gasteiger partial charge in [0.2, 0.25) is 0 Å². The monoisotopic (exact) mass is 289 g/mol. The average molecular weight is 289 g/mol. The van der Waals surface area contributed by atoms with Crippen LogP contribution in [-0.2, 0) is 11.8 Å². The molecule has 0 amide bonds. The molecule has 1 heterocycles. The van der Waals surface area contributed by atoms with E-state index in [0.717, 1.165) is 23.4 Å². The minimum atomic E-state index is -0.804. The van der Waals surface area contributed by atoms with Crippen molar-refractivity contribution >= 4 is 17.0 Å². The highest BCUT2D eigenvalue weighted by atomic mass is 16.4. The molecule has 0 bridgehead atoms. The summed E-state index contributed by atoms with van der Waals surface area (Å²) in [5.74, 6) is 0.501. The first kappa shape index (κ1) is 15.5. The average Bonchev–Trinajstić information content (AvgIpc) is 2.74. The molecule has 21 heavy (non-hydrogen) atoms. The van der Waals surface area contributed by atoms with Crippen LogP contribution in [0.4, 0.5) is 0 Å². The Morgan fingerprint density at radius 3 is 2.57 bits per heavy atom. The Morgan fingerprint density at radius 2 is 2.00 bits per heavy atom. The third-order valence-corrected chi connectivity index (χ3v) is 3.68. The van der Waals surface area contributed by atoms with Crippen LogP contribution in [0.15, 0.2) is 24.3 Å². The third kappa shape index (κ3) is 3.42. The molecule has 0 radical (unpaired) electrons. The number of nitrogens with zero attached hydrogens (tertiary/aromatic N) is 3. The molecule has 0 spiro atoms. The maximum absolute atomic E-state index is 11.1. The fourth-order valence-corrected chi connectivity index (χ4v) is 2.70. The Morgan fingerprint density at radius 1 is 1.33 bits per heavy atom. The summed E-state index contributed by atoms with van der Waals surface area (Å²) in [6.45, 7) is 6.97. The van der Waals surface area contributed by atoms with Crippen LogP contribution in [0.1, 0.15) is 32.6 Å². The van der Waals surface area contributed by atoms with Crippen LogP contribution in [0.25, 0.3) is 11.0 Å². The standard InChI is InChI=1S/C16H23N3O2/c1-11(2)9-19(10-15(20)21)12(3)16-17-13-7-5-6-8-14(13)18(16)4/h5-8,11-12H,9-10H2,1-4H3,(H,20,21). The molecular weight excluding hydrogens is 266 g/mol. The summed E-state index contributed by atoms with van der Waals surface area (Å²) in [6, 6.07) is 7.92. The van der Waals surface area contributed by atoms with Crippen molar-refractivity contribution < 1.29 is 9.90 Å². The van der Waals surface area contributed by atoms with Gasteiger partial charge in [0.15, 0.2) is 0 Å². The van der Waals surface area contributed by atoms with Crippen molar-refractivity contribution in [3.05, 3.63) is 30.1 Å². The molecule has 1 N–H and O–H groups in total. The summed E-state index contributed by atoms with van der Waals surface area (Å²) in [4.78, 5) is 17.8. The molecule has 2 aromatic rings. The fraction of sp³-hybridized carbons (Fsp3) is 0.500. The molecule has 1 aromatic heterocycles. The highest BCUT2D eigenvalue weighted by Crippen LogP contribution is 2.24. The fourth-order valence-electron chi connectivity index (χ4n) is 2.70. The van der Waals surface area contributed by atoms with Gasteiger partial charge in [-0.15, -0.1) is 0 Å². The molecule has 1 aromatic carbocycles. The lowest BCUT2D eigenvalue weighted by molar-refractivity contribution is -0.139. The smallest absolute Gasteiger partial charge is 0.317 e. The van der Waals surface area contributed by atoms with Crippen molar-refractivity contribution in [3.8, 4) is 0 Å². The van der Waals surface area contributed by atoms with E-state index < -0.39 is 5.97 Å². The Hall–Kier alpha value is -1.88. The van der Waals surface area contributed by atoms with Crippen molar-refractivity contribution in [2.24, 2.45) is 13.0 Å². The van der Waals surface area contributed by atoms with Gasteiger partial charge >= 0.3 is 5.97 Å². The van der Waals surface area contributed by atoms with Crippen LogP contribution >= 0.6 is 0 Å². The first-order chi connectivity index (χ1) is 9.90. The maximum Gasteiger partial charge on any atom is 0.317 e. The first-order valence-corrected chi connectivity index (χ1v) is 7.27. The number of benzene rings is 1. The quantitative estimate of drug-likeness (QED) is 0.888. The summed E-state index contributed by atoms with van der Waals surface area (Å²) in [7, 11) is 1.98. The van der Waals surface area contributed by atoms with E-state index >= 15 is 0 Å². The van der Waals surface area contributed by atoms with Crippen molar-refractivity contribution in [2.45, 2.75) is 26.8 Å². The van der Waals surface area contributed by atoms with Gasteiger partial charge in [-0.05, 0) is 25.0 Å². The molecule has 0 aliphatic carbocycles. The number of aryl methyl sites for hydroxylation is 1. The second-order valence-corrected chi connectivity index (χ2v) is 5.91. The van der Waals surface area contributed by atoms with E-state index in [1.807, 2.05) is 43.1 Å². The Labute approximate surface area is 125 Å². The second-order valence-electron chi connectivity index (χ2n) is 5.91. The predicted molar refractivity (Wildman–Crippen MR) is 83.2 cm³/mol. The minimum absolute atomic E-state index is 0.0303. The summed E-state index contributed by atoms with van der Waals surface area (Å²) in [6.07, 6.45) is 0. The van der Waals surface area contributed by atoms with Crippen LogP contribution in [0.5, 0.6) is 0 Å². The zero-order valence-electron chi connectivity index (χ0n) is 13.1. The zero-order valence-corrected chi connectivity index (χ0v) is 13.1. The highest BCUT2D eigenvalue weighted by Gasteiger charge is 2.23. The topological polar surface area (TPSA) is 58.4 Å². The van der Waals surface area contributed by atoms with Crippen molar-refractivity contribution in [3.63, 3.8) is 0 Å². The van der Waals surface area contributed by atoms with Crippen LogP contribution in [0.2, 0.25) is 0 Å². The number of hydrogen-bond acceptors (Lipinski definition) is 3. The van der Waals surface area contributed by atoms with Gasteiger partial charge < -0.3 is 9.67 Å². The number of fused-ring (bicyclic) bond motifs is 1. The van der Waals surface area contributed by atoms with E-state index in [-0.39, 0.29) is 12.6 Å². The van der Waals surface area contributed by atoms with E-state index in [1.54, 1.807) is 0 Å². The number of aliphatic carboxylic acids is 1. The van der Waals surface area contributed by atoms with Gasteiger partial charge in [0.1, 0.15) is 5.82 Å². The molecule has 5 heteroatoms. The molecular formula is C16H23N3O2. The van der Waals surface area contributed by atoms with Crippen molar-refractivity contribution in [2.75, 3.05) is 13.1 Å². The molecule has 5 nitrogen and oxygen atoms in total. The number of aromatic nitrogens is 2. The SMILES string of the molecule is CC(C)CN(CC(=O)O)C(C)c1nc2ccccc2n1C. The molecule has 0 aliphatic heterocycles. The highest BCUT2D eigenvalue weighted by molar-refractivity contribution is 5.76. The summed E-state index contributed by atoms with van der Waals surface area (Å²) in [5, 5.41) is 9.13. The van der Waals surface area contributed by atoms with E-state index in [4.69, 9.17) is 5.11 Å². The van der Waals surface area contributed by atoms with Crippen LogP contribution in [0.3, 0.4) is 0 Å². The van der Waals surface area contributed by atoms with Gasteiger partial charge in [-0.3, -0.25) is 9.69 Å². The number of carboxylic acid groups (broad SMARTS) is 1. The van der Waals surface area contributed by atoms with E-state index in [1.165, 1.54) is 0 Å². The van der Waals surface area contributed by atoms with Gasteiger partial charge in [-0.25, -0.2) is 4.98 Å². The van der Waals surface area contributed by atoms with E-state index in [0.29, 0.717) is 5.92 Å². The number of carboxylic acids is 1. The zero-order chi connectivity index (χ0) is 15.6. The maximum atomic E-state index is 11.1. The number of carbonyl (C=O) groups is 1. The van der Waals surface area contributed by atoms with Crippen molar-refractivity contribution in [1.29, 1.82) is 0 Å². The lowest BCUT2D eigenvalue weighted by Crippen LogP contribution is -2.36. The van der Waals surface area contributed by atoms with Gasteiger partial charge in [0.25, 0.3) is 0 Å². The Kier molecular flexibility index (Phi) is 4.63. The van der Waals surface area contributed by atoms with E-state index in [2.05, 4.69) is 23.4 Å². The molecule has 0 fully saturated rings. The number of imidazole rings is 1. The van der Waals surface area contributed by atoms with Gasteiger partial charge in [0.05, 0.1) is 23.6 Å². The summed E-state index contributed by atoms with van der Waals surface area (Å²) >= 11 is 0. The molecule has 1 unspecified atom stereocenters. The summed E-state index contributed by atoms with van der Waals surface area (Å²) < 4.78 is 2.05. The van der Waals surface area contributed by atoms with Crippen LogP contribution in [0, 0.1) is 5.92 Å². The minimum Gasteiger partial charge on any atom is -0.480 e. The predicted octanol–water partition coefficient (Wildman–Crippen LogP) is 2.68. The molecule has 0 saturated heterocycles. The molecule has 0 aliphatic rings. The Balaban J connectivity index is 2.35. The van der Waals surface area contributed by atoms with Gasteiger partial charge in [0, 0.05) is 13.6 Å². The molecule has 2 rings (SSSR count). The largest absolute Gasteiger partial charge is 0.480 e. The second kappa shape index (κ2) is 6.26. The van der Waals surface area contributed by atoms with Gasteiger partial charge in [-0.2, -0.15) is 0 Å². The molecule has 0 saturated carbocycles. The van der Waals surface area contributed by atoms with Gasteiger partial charge in [-0.1, -0.05) is 26.0 Å². The lowest BCUT2D eigenvalue weighted by Gasteiger charge is -2.28. The number of para-hydroxylation sites is 2. The molecule has 114 valence electrons. The Bertz CT molecular complexity index is 633. The van der Waals surface area contributed by atoms with Crippen molar-refractivity contribution in [1.82, 2.24) is 14.5 Å². The number of rotatable bonds is 6. The van der Waals surface area contributed by atoms with E-state index in [9.17, 15) is 4.79 Å². The van der Waals surface area contributed by atoms with Crippen LogP contribution < -0.4 is 0 Å². The summed E-state index contributed by atoms with van der Waals surface area (Å²) in [5.41, 5.74) is 2.01. The normalized spacial score (nSPS) is 13.2. The third-order valence-electron chi connectivity index (χ3n) is 3.68. The number of hydrogen-bond donors (Lipinski definition) is 1. The first-order valence-electron chi connectivity index (χ1n) is 7.27. The molecule has 1 atom stereocenters. The lowest BCUT2D eigenvalue weighted by atomic mass is 10.1. The van der Waals surface area contributed by atoms with Crippen LogP contribution in [-0.4, -0.2) is 38.6 Å².